The van der Waals surface area contributed by atoms with Gasteiger partial charge in [-0.25, -0.2) is 0 Å². The first kappa shape index (κ1) is 15.5. The molecule has 0 aromatic heterocycles. The van der Waals surface area contributed by atoms with Crippen molar-refractivity contribution in [3.05, 3.63) is 29.3 Å². The highest BCUT2D eigenvalue weighted by molar-refractivity contribution is 5.77. The van der Waals surface area contributed by atoms with E-state index in [-0.39, 0.29) is 24.0 Å². The zero-order valence-electron chi connectivity index (χ0n) is 12.8. The lowest BCUT2D eigenvalue weighted by Crippen LogP contribution is -2.34. The summed E-state index contributed by atoms with van der Waals surface area (Å²) < 4.78 is 5.70. The Morgan fingerprint density at radius 2 is 1.95 bits per heavy atom. The molecule has 0 bridgehead atoms. The highest BCUT2D eigenvalue weighted by Crippen LogP contribution is 2.31. The molecule has 19 heavy (non-hydrogen) atoms. The fraction of sp³-hybridized carbons (Fsp3) is 0.562. The van der Waals surface area contributed by atoms with Crippen molar-refractivity contribution in [2.75, 3.05) is 6.61 Å². The van der Waals surface area contributed by atoms with Crippen molar-refractivity contribution in [1.29, 1.82) is 0 Å². The van der Waals surface area contributed by atoms with Gasteiger partial charge in [0.15, 0.2) is 6.61 Å². The summed E-state index contributed by atoms with van der Waals surface area (Å²) in [5, 5.41) is 2.82. The molecule has 0 saturated heterocycles. The van der Waals surface area contributed by atoms with E-state index in [1.807, 2.05) is 26.8 Å². The second-order valence-electron chi connectivity index (χ2n) is 6.26. The molecule has 3 nitrogen and oxygen atoms in total. The minimum absolute atomic E-state index is 0.00242. The van der Waals surface area contributed by atoms with Gasteiger partial charge in [0.25, 0.3) is 5.91 Å². The van der Waals surface area contributed by atoms with Crippen LogP contribution in [0.3, 0.4) is 0 Å². The van der Waals surface area contributed by atoms with Crippen molar-refractivity contribution < 1.29 is 9.53 Å². The van der Waals surface area contributed by atoms with Crippen LogP contribution in [0.5, 0.6) is 5.75 Å². The number of nitrogens with one attached hydrogen (secondary N) is 1. The van der Waals surface area contributed by atoms with E-state index in [4.69, 9.17) is 4.74 Å². The molecule has 0 atom stereocenters. The van der Waals surface area contributed by atoms with Gasteiger partial charge in [0.05, 0.1) is 0 Å². The minimum Gasteiger partial charge on any atom is -0.483 e. The maximum atomic E-state index is 11.6. The van der Waals surface area contributed by atoms with Crippen LogP contribution in [0.15, 0.2) is 18.2 Å². The van der Waals surface area contributed by atoms with Gasteiger partial charge in [0, 0.05) is 6.04 Å². The van der Waals surface area contributed by atoms with Crippen molar-refractivity contribution in [3.8, 4) is 5.75 Å². The first-order valence-corrected chi connectivity index (χ1v) is 6.73. The summed E-state index contributed by atoms with van der Waals surface area (Å²) in [4.78, 5) is 11.6. The summed E-state index contributed by atoms with van der Waals surface area (Å²) in [6.07, 6.45) is 0. The molecule has 0 fully saturated rings. The van der Waals surface area contributed by atoms with Crippen LogP contribution in [-0.2, 0) is 10.2 Å². The zero-order valence-corrected chi connectivity index (χ0v) is 12.8. The third-order valence-corrected chi connectivity index (χ3v) is 2.75. The van der Waals surface area contributed by atoms with Crippen LogP contribution in [0.4, 0.5) is 0 Å². The Balaban J connectivity index is 2.82. The third-order valence-electron chi connectivity index (χ3n) is 2.75. The molecule has 0 saturated carbocycles. The number of aryl methyl sites for hydroxylation is 1. The predicted molar refractivity (Wildman–Crippen MR) is 78.7 cm³/mol. The average molecular weight is 263 g/mol. The van der Waals surface area contributed by atoms with Crippen molar-refractivity contribution in [2.24, 2.45) is 0 Å². The van der Waals surface area contributed by atoms with Crippen LogP contribution in [-0.4, -0.2) is 18.6 Å². The van der Waals surface area contributed by atoms with E-state index >= 15 is 0 Å². The number of amides is 1. The summed E-state index contributed by atoms with van der Waals surface area (Å²) in [5.41, 5.74) is 2.25. The van der Waals surface area contributed by atoms with E-state index in [0.29, 0.717) is 0 Å². The highest BCUT2D eigenvalue weighted by atomic mass is 16.5. The SMILES string of the molecule is Cc1ccc(C(C)(C)C)c(OCC(=O)NC(C)C)c1. The lowest BCUT2D eigenvalue weighted by molar-refractivity contribution is -0.123. The third kappa shape index (κ3) is 4.93. The van der Waals surface area contributed by atoms with E-state index in [0.717, 1.165) is 16.9 Å². The van der Waals surface area contributed by atoms with E-state index < -0.39 is 0 Å². The fourth-order valence-corrected chi connectivity index (χ4v) is 1.88. The number of hydrogen-bond donors (Lipinski definition) is 1. The van der Waals surface area contributed by atoms with E-state index in [2.05, 4.69) is 38.2 Å². The van der Waals surface area contributed by atoms with Crippen LogP contribution in [0.2, 0.25) is 0 Å². The van der Waals surface area contributed by atoms with Gasteiger partial charge >= 0.3 is 0 Å². The largest absolute Gasteiger partial charge is 0.483 e. The monoisotopic (exact) mass is 263 g/mol. The number of ether oxygens (including phenoxy) is 1. The van der Waals surface area contributed by atoms with Gasteiger partial charge in [-0.15, -0.1) is 0 Å². The van der Waals surface area contributed by atoms with Crippen molar-refractivity contribution in [1.82, 2.24) is 5.32 Å². The molecule has 1 aromatic carbocycles. The van der Waals surface area contributed by atoms with Gasteiger partial charge in [-0.05, 0) is 43.4 Å². The van der Waals surface area contributed by atoms with Gasteiger partial charge < -0.3 is 10.1 Å². The van der Waals surface area contributed by atoms with Crippen molar-refractivity contribution >= 4 is 5.91 Å². The van der Waals surface area contributed by atoms with Gasteiger partial charge in [-0.1, -0.05) is 32.9 Å². The summed E-state index contributed by atoms with van der Waals surface area (Å²) in [5.74, 6) is 0.711. The molecule has 1 amide bonds. The molecule has 0 spiro atoms. The molecule has 1 rings (SSSR count). The van der Waals surface area contributed by atoms with E-state index in [9.17, 15) is 4.79 Å². The van der Waals surface area contributed by atoms with Crippen LogP contribution in [0.1, 0.15) is 45.7 Å². The van der Waals surface area contributed by atoms with Gasteiger partial charge in [-0.3, -0.25) is 4.79 Å². The molecule has 0 aliphatic carbocycles. The number of hydrogen-bond acceptors (Lipinski definition) is 2. The molecule has 1 N–H and O–H groups in total. The normalized spacial score (nSPS) is 11.5. The average Bonchev–Trinajstić information content (AvgIpc) is 2.23. The number of carbonyl (C=O) groups is 1. The Morgan fingerprint density at radius 3 is 2.47 bits per heavy atom. The molecular weight excluding hydrogens is 238 g/mol. The van der Waals surface area contributed by atoms with Crippen molar-refractivity contribution in [3.63, 3.8) is 0 Å². The first-order valence-electron chi connectivity index (χ1n) is 6.73. The van der Waals surface area contributed by atoms with Crippen LogP contribution < -0.4 is 10.1 Å². The second kappa shape index (κ2) is 6.09. The number of rotatable bonds is 4. The van der Waals surface area contributed by atoms with Crippen LogP contribution >= 0.6 is 0 Å². The lowest BCUT2D eigenvalue weighted by atomic mass is 9.86. The Labute approximate surface area is 116 Å². The number of benzene rings is 1. The van der Waals surface area contributed by atoms with E-state index in [1.54, 1.807) is 0 Å². The van der Waals surface area contributed by atoms with Gasteiger partial charge in [0.2, 0.25) is 0 Å². The molecule has 106 valence electrons. The predicted octanol–water partition coefficient (Wildman–Crippen LogP) is 3.20. The van der Waals surface area contributed by atoms with Crippen molar-refractivity contribution in [2.45, 2.75) is 53.0 Å². The summed E-state index contributed by atoms with van der Waals surface area (Å²) in [7, 11) is 0. The van der Waals surface area contributed by atoms with Gasteiger partial charge in [0.1, 0.15) is 5.75 Å². The highest BCUT2D eigenvalue weighted by Gasteiger charge is 2.19. The summed E-state index contributed by atoms with van der Waals surface area (Å²) in [6, 6.07) is 6.27. The zero-order chi connectivity index (χ0) is 14.6. The standard InChI is InChI=1S/C16H25NO2/c1-11(2)17-15(18)10-19-14-9-12(3)7-8-13(14)16(4,5)6/h7-9,11H,10H2,1-6H3,(H,17,18). The topological polar surface area (TPSA) is 38.3 Å². The maximum absolute atomic E-state index is 11.6. The smallest absolute Gasteiger partial charge is 0.258 e. The molecule has 3 heteroatoms. The number of carbonyl (C=O) groups excluding carboxylic acids is 1. The van der Waals surface area contributed by atoms with Crippen LogP contribution in [0.25, 0.3) is 0 Å². The molecule has 0 aliphatic heterocycles. The van der Waals surface area contributed by atoms with E-state index in [1.165, 1.54) is 0 Å². The Morgan fingerprint density at radius 1 is 1.32 bits per heavy atom. The minimum atomic E-state index is -0.0867. The second-order valence-corrected chi connectivity index (χ2v) is 6.26. The molecule has 0 unspecified atom stereocenters. The summed E-state index contributed by atoms with van der Waals surface area (Å²) in [6.45, 7) is 12.4. The van der Waals surface area contributed by atoms with Gasteiger partial charge in [-0.2, -0.15) is 0 Å². The Hall–Kier alpha value is -1.51. The Kier molecular flexibility index (Phi) is 4.98. The quantitative estimate of drug-likeness (QED) is 0.906. The molecule has 0 heterocycles. The molecule has 0 radical (unpaired) electrons. The van der Waals surface area contributed by atoms with Crippen LogP contribution in [0, 0.1) is 6.92 Å². The molecule has 1 aromatic rings. The molecular formula is C16H25NO2. The lowest BCUT2D eigenvalue weighted by Gasteiger charge is -2.23. The molecule has 0 aliphatic rings. The summed E-state index contributed by atoms with van der Waals surface area (Å²) >= 11 is 0. The first-order chi connectivity index (χ1) is 8.70. The Bertz CT molecular complexity index is 445. The maximum Gasteiger partial charge on any atom is 0.258 e. The fourth-order valence-electron chi connectivity index (χ4n) is 1.88.